The van der Waals surface area contributed by atoms with Gasteiger partial charge in [0.25, 0.3) is 5.91 Å². The zero-order chi connectivity index (χ0) is 14.0. The van der Waals surface area contributed by atoms with E-state index in [2.05, 4.69) is 21.2 Å². The summed E-state index contributed by atoms with van der Waals surface area (Å²) in [7, 11) is 0. The third kappa shape index (κ3) is 3.05. The van der Waals surface area contributed by atoms with E-state index in [1.807, 2.05) is 0 Å². The van der Waals surface area contributed by atoms with Crippen molar-refractivity contribution in [1.29, 1.82) is 0 Å². The second-order valence-corrected chi connectivity index (χ2v) is 5.11. The molecular formula is C13H9BrClFN2O. The van der Waals surface area contributed by atoms with E-state index in [9.17, 15) is 9.18 Å². The van der Waals surface area contributed by atoms with Crippen LogP contribution in [0.25, 0.3) is 0 Å². The third-order valence-corrected chi connectivity index (χ3v) is 3.27. The summed E-state index contributed by atoms with van der Waals surface area (Å²) in [6.45, 7) is 0. The second kappa shape index (κ2) is 5.59. The Hall–Kier alpha value is -1.59. The van der Waals surface area contributed by atoms with Gasteiger partial charge in [-0.2, -0.15) is 0 Å². The highest BCUT2D eigenvalue weighted by Gasteiger charge is 2.14. The molecule has 19 heavy (non-hydrogen) atoms. The lowest BCUT2D eigenvalue weighted by atomic mass is 10.1. The topological polar surface area (TPSA) is 55.1 Å². The van der Waals surface area contributed by atoms with E-state index in [0.29, 0.717) is 10.2 Å². The van der Waals surface area contributed by atoms with Gasteiger partial charge in [0, 0.05) is 10.2 Å². The SMILES string of the molecule is Nc1ccc(Br)cc1C(=O)Nc1c(F)cccc1Cl. The molecular weight excluding hydrogens is 335 g/mol. The fourth-order valence-corrected chi connectivity index (χ4v) is 2.09. The molecule has 0 aromatic heterocycles. The summed E-state index contributed by atoms with van der Waals surface area (Å²) in [4.78, 5) is 12.1. The van der Waals surface area contributed by atoms with E-state index in [4.69, 9.17) is 17.3 Å². The van der Waals surface area contributed by atoms with Crippen molar-refractivity contribution in [3.05, 3.63) is 57.3 Å². The van der Waals surface area contributed by atoms with Crippen molar-refractivity contribution in [1.82, 2.24) is 0 Å². The Balaban J connectivity index is 2.34. The molecule has 0 aliphatic heterocycles. The summed E-state index contributed by atoms with van der Waals surface area (Å²) in [5.74, 6) is -1.12. The van der Waals surface area contributed by atoms with Crippen molar-refractivity contribution < 1.29 is 9.18 Å². The van der Waals surface area contributed by atoms with E-state index in [1.54, 1.807) is 18.2 Å². The van der Waals surface area contributed by atoms with Gasteiger partial charge in [-0.25, -0.2) is 4.39 Å². The fraction of sp³-hybridized carbons (Fsp3) is 0. The zero-order valence-corrected chi connectivity index (χ0v) is 11.9. The fourth-order valence-electron chi connectivity index (χ4n) is 1.52. The molecule has 2 rings (SSSR count). The molecule has 0 unspecified atom stereocenters. The maximum atomic E-state index is 13.6. The van der Waals surface area contributed by atoms with Gasteiger partial charge in [-0.1, -0.05) is 33.6 Å². The highest BCUT2D eigenvalue weighted by molar-refractivity contribution is 9.10. The normalized spacial score (nSPS) is 10.3. The minimum atomic E-state index is -0.602. The molecule has 6 heteroatoms. The number of nitrogens with two attached hydrogens (primary N) is 1. The van der Waals surface area contributed by atoms with Crippen LogP contribution in [0.15, 0.2) is 40.9 Å². The Labute approximate surface area is 122 Å². The van der Waals surface area contributed by atoms with Gasteiger partial charge >= 0.3 is 0 Å². The number of benzene rings is 2. The third-order valence-electron chi connectivity index (χ3n) is 2.46. The molecule has 1 amide bonds. The molecule has 0 aliphatic carbocycles. The second-order valence-electron chi connectivity index (χ2n) is 3.78. The molecule has 2 aromatic carbocycles. The lowest BCUT2D eigenvalue weighted by Gasteiger charge is -2.10. The van der Waals surface area contributed by atoms with Gasteiger partial charge < -0.3 is 11.1 Å². The Kier molecular flexibility index (Phi) is 4.07. The molecule has 3 N–H and O–H groups in total. The molecule has 2 aromatic rings. The number of para-hydroxylation sites is 1. The van der Waals surface area contributed by atoms with Crippen LogP contribution in [0.5, 0.6) is 0 Å². The number of hydrogen-bond acceptors (Lipinski definition) is 2. The lowest BCUT2D eigenvalue weighted by Crippen LogP contribution is -2.15. The molecule has 0 saturated heterocycles. The molecule has 0 heterocycles. The van der Waals surface area contributed by atoms with Gasteiger partial charge in [0.1, 0.15) is 5.82 Å². The smallest absolute Gasteiger partial charge is 0.257 e. The van der Waals surface area contributed by atoms with Crippen molar-refractivity contribution in [2.24, 2.45) is 0 Å². The van der Waals surface area contributed by atoms with Crippen molar-refractivity contribution in [3.63, 3.8) is 0 Å². The van der Waals surface area contributed by atoms with Crippen LogP contribution >= 0.6 is 27.5 Å². The monoisotopic (exact) mass is 342 g/mol. The predicted octanol–water partition coefficient (Wildman–Crippen LogP) is 4.08. The predicted molar refractivity (Wildman–Crippen MR) is 77.9 cm³/mol. The molecule has 0 fully saturated rings. The number of anilines is 2. The quantitative estimate of drug-likeness (QED) is 0.807. The van der Waals surface area contributed by atoms with E-state index in [0.717, 1.165) is 0 Å². The molecule has 0 spiro atoms. The van der Waals surface area contributed by atoms with Crippen LogP contribution < -0.4 is 11.1 Å². The first-order valence-corrected chi connectivity index (χ1v) is 6.46. The maximum absolute atomic E-state index is 13.6. The average molecular weight is 344 g/mol. The van der Waals surface area contributed by atoms with Crippen LogP contribution in [-0.2, 0) is 0 Å². The van der Waals surface area contributed by atoms with Crippen LogP contribution in [0.3, 0.4) is 0 Å². The standard InChI is InChI=1S/C13H9BrClFN2O/c14-7-4-5-11(17)8(6-7)13(19)18-12-9(15)2-1-3-10(12)16/h1-6H,17H2,(H,18,19). The molecule has 0 radical (unpaired) electrons. The van der Waals surface area contributed by atoms with Crippen molar-refractivity contribution >= 4 is 44.8 Å². The highest BCUT2D eigenvalue weighted by Crippen LogP contribution is 2.26. The number of amides is 1. The number of hydrogen-bond donors (Lipinski definition) is 2. The zero-order valence-electron chi connectivity index (χ0n) is 9.58. The van der Waals surface area contributed by atoms with Crippen molar-refractivity contribution in [2.75, 3.05) is 11.1 Å². The Morgan fingerprint density at radius 3 is 2.74 bits per heavy atom. The average Bonchev–Trinajstić information content (AvgIpc) is 2.37. The highest BCUT2D eigenvalue weighted by atomic mass is 79.9. The minimum Gasteiger partial charge on any atom is -0.398 e. The van der Waals surface area contributed by atoms with Gasteiger partial charge in [0.05, 0.1) is 16.3 Å². The molecule has 98 valence electrons. The Morgan fingerprint density at radius 2 is 2.05 bits per heavy atom. The summed E-state index contributed by atoms with van der Waals surface area (Å²) in [6.07, 6.45) is 0. The Morgan fingerprint density at radius 1 is 1.32 bits per heavy atom. The Bertz CT molecular complexity index is 628. The van der Waals surface area contributed by atoms with Gasteiger partial charge in [0.15, 0.2) is 0 Å². The number of nitrogens with one attached hydrogen (secondary N) is 1. The number of rotatable bonds is 2. The van der Waals surface area contributed by atoms with E-state index in [-0.39, 0.29) is 16.3 Å². The van der Waals surface area contributed by atoms with E-state index >= 15 is 0 Å². The van der Waals surface area contributed by atoms with Gasteiger partial charge in [-0.3, -0.25) is 4.79 Å². The van der Waals surface area contributed by atoms with Crippen LogP contribution in [-0.4, -0.2) is 5.91 Å². The summed E-state index contributed by atoms with van der Waals surface area (Å²) >= 11 is 9.08. The minimum absolute atomic E-state index is 0.0615. The molecule has 0 saturated carbocycles. The lowest BCUT2D eigenvalue weighted by molar-refractivity contribution is 0.102. The molecule has 0 aliphatic rings. The van der Waals surface area contributed by atoms with Gasteiger partial charge in [-0.15, -0.1) is 0 Å². The van der Waals surface area contributed by atoms with E-state index in [1.165, 1.54) is 18.2 Å². The number of carbonyl (C=O) groups excluding carboxylic acids is 1. The maximum Gasteiger partial charge on any atom is 0.257 e. The summed E-state index contributed by atoms with van der Waals surface area (Å²) in [5, 5.41) is 2.54. The summed E-state index contributed by atoms with van der Waals surface area (Å²) < 4.78 is 14.3. The summed E-state index contributed by atoms with van der Waals surface area (Å²) in [6, 6.07) is 9.01. The first-order valence-electron chi connectivity index (χ1n) is 5.29. The van der Waals surface area contributed by atoms with Gasteiger partial charge in [-0.05, 0) is 30.3 Å². The molecule has 0 atom stereocenters. The van der Waals surface area contributed by atoms with Crippen LogP contribution in [0, 0.1) is 5.82 Å². The molecule has 0 bridgehead atoms. The van der Waals surface area contributed by atoms with Crippen LogP contribution in [0.4, 0.5) is 15.8 Å². The molecule has 3 nitrogen and oxygen atoms in total. The largest absolute Gasteiger partial charge is 0.398 e. The first-order chi connectivity index (χ1) is 8.99. The first kappa shape index (κ1) is 13.8. The van der Waals surface area contributed by atoms with Crippen LogP contribution in [0.1, 0.15) is 10.4 Å². The number of carbonyl (C=O) groups is 1. The van der Waals surface area contributed by atoms with Crippen molar-refractivity contribution in [3.8, 4) is 0 Å². The van der Waals surface area contributed by atoms with Crippen molar-refractivity contribution in [2.45, 2.75) is 0 Å². The van der Waals surface area contributed by atoms with E-state index < -0.39 is 11.7 Å². The number of nitrogen functional groups attached to an aromatic ring is 1. The number of halogens is 3. The van der Waals surface area contributed by atoms with Gasteiger partial charge in [0.2, 0.25) is 0 Å². The summed E-state index contributed by atoms with van der Waals surface area (Å²) in [5.41, 5.74) is 6.19. The van der Waals surface area contributed by atoms with Crippen LogP contribution in [0.2, 0.25) is 5.02 Å².